The molecule has 2 heterocycles. The number of nitrogens with zero attached hydrogens (tertiary/aromatic N) is 3. The fraction of sp³-hybridized carbons (Fsp3) is 0.765. The highest BCUT2D eigenvalue weighted by Crippen LogP contribution is 2.29. The summed E-state index contributed by atoms with van der Waals surface area (Å²) in [6.07, 6.45) is 5.21. The van der Waals surface area contributed by atoms with Gasteiger partial charge in [-0.1, -0.05) is 27.2 Å². The Morgan fingerprint density at radius 3 is 2.62 bits per heavy atom. The zero-order valence-electron chi connectivity index (χ0n) is 14.2. The summed E-state index contributed by atoms with van der Waals surface area (Å²) in [6.45, 7) is 11.0. The smallest absolute Gasteiger partial charge is 0.137 e. The number of nitrogens with one attached hydrogen (secondary N) is 1. The molecule has 118 valence electrons. The fourth-order valence-corrected chi connectivity index (χ4v) is 3.12. The molecule has 1 aromatic heterocycles. The van der Waals surface area contributed by atoms with Crippen molar-refractivity contribution in [2.24, 2.45) is 5.92 Å². The molecule has 21 heavy (non-hydrogen) atoms. The van der Waals surface area contributed by atoms with Gasteiger partial charge in [0.15, 0.2) is 0 Å². The molecule has 0 saturated carbocycles. The zero-order chi connectivity index (χ0) is 15.4. The van der Waals surface area contributed by atoms with Crippen LogP contribution in [-0.4, -0.2) is 30.1 Å². The molecule has 1 saturated heterocycles. The van der Waals surface area contributed by atoms with E-state index in [1.54, 1.807) is 0 Å². The lowest BCUT2D eigenvalue weighted by Gasteiger charge is -2.25. The summed E-state index contributed by atoms with van der Waals surface area (Å²) < 4.78 is 0. The van der Waals surface area contributed by atoms with E-state index in [4.69, 9.17) is 4.98 Å². The van der Waals surface area contributed by atoms with E-state index in [0.717, 1.165) is 36.5 Å². The van der Waals surface area contributed by atoms with E-state index < -0.39 is 0 Å². The van der Waals surface area contributed by atoms with Gasteiger partial charge in [-0.2, -0.15) is 0 Å². The molecular weight excluding hydrogens is 260 g/mol. The van der Waals surface area contributed by atoms with Gasteiger partial charge in [0.25, 0.3) is 0 Å². The van der Waals surface area contributed by atoms with Crippen molar-refractivity contribution in [1.82, 2.24) is 9.97 Å². The van der Waals surface area contributed by atoms with Crippen molar-refractivity contribution in [2.75, 3.05) is 30.4 Å². The van der Waals surface area contributed by atoms with Crippen molar-refractivity contribution in [2.45, 2.75) is 59.3 Å². The summed E-state index contributed by atoms with van der Waals surface area (Å²) in [7, 11) is 1.94. The Labute approximate surface area is 129 Å². The zero-order valence-corrected chi connectivity index (χ0v) is 14.2. The summed E-state index contributed by atoms with van der Waals surface area (Å²) in [5.41, 5.74) is 1.18. The van der Waals surface area contributed by atoms with Gasteiger partial charge in [0.2, 0.25) is 0 Å². The average molecular weight is 290 g/mol. The Hall–Kier alpha value is -1.32. The van der Waals surface area contributed by atoms with Crippen LogP contribution in [0.4, 0.5) is 11.6 Å². The van der Waals surface area contributed by atoms with Crippen LogP contribution in [0, 0.1) is 12.8 Å². The maximum absolute atomic E-state index is 4.87. The van der Waals surface area contributed by atoms with Crippen LogP contribution >= 0.6 is 0 Å². The molecule has 0 aromatic carbocycles. The predicted molar refractivity (Wildman–Crippen MR) is 90.2 cm³/mol. The first-order chi connectivity index (χ1) is 10.1. The molecule has 0 bridgehead atoms. The van der Waals surface area contributed by atoms with Crippen molar-refractivity contribution in [3.8, 4) is 0 Å². The quantitative estimate of drug-likeness (QED) is 0.911. The molecule has 0 radical (unpaired) electrons. The molecular formula is C17H30N4. The second-order valence-corrected chi connectivity index (χ2v) is 6.48. The lowest BCUT2D eigenvalue weighted by atomic mass is 9.98. The highest BCUT2D eigenvalue weighted by Gasteiger charge is 2.21. The van der Waals surface area contributed by atoms with Gasteiger partial charge in [-0.05, 0) is 32.1 Å². The Morgan fingerprint density at radius 2 is 2.00 bits per heavy atom. The molecule has 4 nitrogen and oxygen atoms in total. The minimum absolute atomic E-state index is 0.354. The summed E-state index contributed by atoms with van der Waals surface area (Å²) >= 11 is 0. The van der Waals surface area contributed by atoms with Crippen LogP contribution in [0.2, 0.25) is 0 Å². The van der Waals surface area contributed by atoms with Gasteiger partial charge < -0.3 is 10.2 Å². The second kappa shape index (κ2) is 7.10. The number of hydrogen-bond donors (Lipinski definition) is 1. The van der Waals surface area contributed by atoms with E-state index in [9.17, 15) is 0 Å². The maximum Gasteiger partial charge on any atom is 0.137 e. The van der Waals surface area contributed by atoms with Crippen molar-refractivity contribution in [3.63, 3.8) is 0 Å². The van der Waals surface area contributed by atoms with Crippen molar-refractivity contribution in [3.05, 3.63) is 11.4 Å². The van der Waals surface area contributed by atoms with Gasteiger partial charge in [0.05, 0.1) is 0 Å². The van der Waals surface area contributed by atoms with Crippen molar-refractivity contribution >= 4 is 11.6 Å². The highest BCUT2D eigenvalue weighted by molar-refractivity contribution is 5.58. The van der Waals surface area contributed by atoms with E-state index in [1.165, 1.54) is 31.2 Å². The molecule has 0 aliphatic carbocycles. The molecule has 1 atom stereocenters. The predicted octanol–water partition coefficient (Wildman–Crippen LogP) is 3.97. The molecule has 1 N–H and O–H groups in total. The third-order valence-corrected chi connectivity index (χ3v) is 4.62. The fourth-order valence-electron chi connectivity index (χ4n) is 3.12. The van der Waals surface area contributed by atoms with Gasteiger partial charge >= 0.3 is 0 Å². The Balaban J connectivity index is 2.31. The van der Waals surface area contributed by atoms with Gasteiger partial charge in [0, 0.05) is 31.6 Å². The molecule has 1 fully saturated rings. The maximum atomic E-state index is 4.87. The van der Waals surface area contributed by atoms with Crippen LogP contribution in [0.25, 0.3) is 0 Å². The van der Waals surface area contributed by atoms with E-state index in [2.05, 4.69) is 42.9 Å². The molecule has 1 aromatic rings. The Bertz CT molecular complexity index is 470. The van der Waals surface area contributed by atoms with Gasteiger partial charge in [-0.15, -0.1) is 0 Å². The Kier molecular flexibility index (Phi) is 5.43. The minimum Gasteiger partial charge on any atom is -0.373 e. The third kappa shape index (κ3) is 3.66. The normalized spacial score (nSPS) is 19.7. The lowest BCUT2D eigenvalue weighted by molar-refractivity contribution is 0.459. The average Bonchev–Trinajstić information content (AvgIpc) is 2.72. The van der Waals surface area contributed by atoms with E-state index in [0.29, 0.717) is 5.92 Å². The van der Waals surface area contributed by atoms with Gasteiger partial charge in [-0.3, -0.25) is 0 Å². The van der Waals surface area contributed by atoms with Crippen LogP contribution in [0.5, 0.6) is 0 Å². The third-order valence-electron chi connectivity index (χ3n) is 4.62. The molecule has 1 aliphatic heterocycles. The number of hydrogen-bond acceptors (Lipinski definition) is 4. The van der Waals surface area contributed by atoms with Crippen LogP contribution in [0.15, 0.2) is 0 Å². The van der Waals surface area contributed by atoms with Crippen LogP contribution < -0.4 is 10.2 Å². The number of anilines is 2. The molecule has 4 heteroatoms. The van der Waals surface area contributed by atoms with Gasteiger partial charge in [0.1, 0.15) is 17.5 Å². The van der Waals surface area contributed by atoms with E-state index >= 15 is 0 Å². The highest BCUT2D eigenvalue weighted by atomic mass is 15.2. The molecule has 0 amide bonds. The monoisotopic (exact) mass is 290 g/mol. The first-order valence-electron chi connectivity index (χ1n) is 8.38. The van der Waals surface area contributed by atoms with Crippen molar-refractivity contribution in [1.29, 1.82) is 0 Å². The second-order valence-electron chi connectivity index (χ2n) is 6.48. The topological polar surface area (TPSA) is 41.1 Å². The standard InChI is InChI=1S/C17H30N4/c1-6-14-8-7-10-21(11-9-14)17-13(4)16(18-5)19-15(20-17)12(2)3/h12,14H,6-11H2,1-5H3,(H,18,19,20). The molecule has 2 rings (SSSR count). The van der Waals surface area contributed by atoms with E-state index in [1.807, 2.05) is 7.05 Å². The van der Waals surface area contributed by atoms with Crippen molar-refractivity contribution < 1.29 is 0 Å². The van der Waals surface area contributed by atoms with Gasteiger partial charge in [-0.25, -0.2) is 9.97 Å². The number of rotatable bonds is 4. The SMILES string of the molecule is CCC1CCCN(c2nc(C(C)C)nc(NC)c2C)CC1. The first-order valence-corrected chi connectivity index (χ1v) is 8.38. The van der Waals surface area contributed by atoms with Crippen LogP contribution in [0.1, 0.15) is 63.8 Å². The minimum atomic E-state index is 0.354. The summed E-state index contributed by atoms with van der Waals surface area (Å²) in [4.78, 5) is 12.0. The Morgan fingerprint density at radius 1 is 1.24 bits per heavy atom. The molecule has 1 unspecified atom stereocenters. The van der Waals surface area contributed by atoms with E-state index in [-0.39, 0.29) is 0 Å². The summed E-state index contributed by atoms with van der Waals surface area (Å²) in [6, 6.07) is 0. The number of aromatic nitrogens is 2. The summed E-state index contributed by atoms with van der Waals surface area (Å²) in [5, 5.41) is 3.23. The van der Waals surface area contributed by atoms with Crippen LogP contribution in [-0.2, 0) is 0 Å². The molecule has 0 spiro atoms. The summed E-state index contributed by atoms with van der Waals surface area (Å²) in [5.74, 6) is 4.28. The molecule has 1 aliphatic rings. The lowest BCUT2D eigenvalue weighted by Crippen LogP contribution is -2.27. The largest absolute Gasteiger partial charge is 0.373 e. The first kappa shape index (κ1) is 16.1. The van der Waals surface area contributed by atoms with Crippen LogP contribution in [0.3, 0.4) is 0 Å².